The fraction of sp³-hybridized carbons (Fsp3) is 0.750. The van der Waals surface area contributed by atoms with Gasteiger partial charge in [0.15, 0.2) is 5.78 Å². The molecule has 0 radical (unpaired) electrons. The summed E-state index contributed by atoms with van der Waals surface area (Å²) in [7, 11) is 2.18. The summed E-state index contributed by atoms with van der Waals surface area (Å²) in [6.45, 7) is 20.7. The van der Waals surface area contributed by atoms with E-state index < -0.39 is 5.41 Å². The smallest absolute Gasteiger partial charge is 0.229 e. The van der Waals surface area contributed by atoms with Gasteiger partial charge >= 0.3 is 0 Å². The van der Waals surface area contributed by atoms with E-state index in [1.165, 1.54) is 0 Å². The Labute approximate surface area is 272 Å². The zero-order valence-corrected chi connectivity index (χ0v) is 29.4. The van der Waals surface area contributed by atoms with E-state index in [0.717, 1.165) is 95.3 Å². The van der Waals surface area contributed by atoms with Gasteiger partial charge in [-0.05, 0) is 128 Å². The number of rotatable bonds is 2. The zero-order chi connectivity index (χ0) is 32.2. The van der Waals surface area contributed by atoms with Gasteiger partial charge in [-0.2, -0.15) is 0 Å². The quantitative estimate of drug-likeness (QED) is 0.248. The molecule has 1 aromatic rings. The number of nitrogens with zero attached hydrogens (tertiary/aromatic N) is 2. The molecule has 6 aliphatic rings. The molecule has 5 nitrogen and oxygen atoms in total. The third-order valence-corrected chi connectivity index (χ3v) is 15.3. The van der Waals surface area contributed by atoms with Gasteiger partial charge < -0.3 is 14.2 Å². The maximum absolute atomic E-state index is 14.7. The van der Waals surface area contributed by atoms with Crippen molar-refractivity contribution in [3.8, 4) is 0 Å². The van der Waals surface area contributed by atoms with Gasteiger partial charge in [-0.1, -0.05) is 60.1 Å². The fourth-order valence-corrected chi connectivity index (χ4v) is 12.5. The number of carbonyl (C=O) groups excluding carboxylic acids is 2. The Hall–Kier alpha value is -2.14. The first kappa shape index (κ1) is 31.5. The second-order valence-electron chi connectivity index (χ2n) is 18.4. The van der Waals surface area contributed by atoms with Crippen LogP contribution >= 0.6 is 0 Å². The highest BCUT2D eigenvalue weighted by Gasteiger charge is 2.69. The number of likely N-dealkylation sites (N-methyl/N-ethyl adjacent to an activating group) is 1. The highest BCUT2D eigenvalue weighted by atomic mass is 16.3. The number of furan rings is 1. The van der Waals surface area contributed by atoms with Crippen molar-refractivity contribution in [2.75, 3.05) is 33.2 Å². The number of hydrogen-bond donors (Lipinski definition) is 0. The van der Waals surface area contributed by atoms with Gasteiger partial charge in [0.2, 0.25) is 5.91 Å². The number of amides is 1. The van der Waals surface area contributed by atoms with Crippen molar-refractivity contribution in [2.24, 2.45) is 50.2 Å². The fourth-order valence-electron chi connectivity index (χ4n) is 12.5. The monoisotopic (exact) mass is 614 g/mol. The number of fused-ring (bicyclic) bond motifs is 7. The summed E-state index contributed by atoms with van der Waals surface area (Å²) in [4.78, 5) is 33.3. The molecule has 246 valence electrons. The van der Waals surface area contributed by atoms with Gasteiger partial charge in [0.25, 0.3) is 0 Å². The third kappa shape index (κ3) is 4.41. The predicted molar refractivity (Wildman–Crippen MR) is 180 cm³/mol. The number of ketones is 1. The summed E-state index contributed by atoms with van der Waals surface area (Å²) in [5, 5.41) is 0. The summed E-state index contributed by atoms with van der Waals surface area (Å²) in [6, 6.07) is 3.87. The second-order valence-corrected chi connectivity index (χ2v) is 18.4. The van der Waals surface area contributed by atoms with Crippen LogP contribution in [-0.4, -0.2) is 54.7 Å². The third-order valence-electron chi connectivity index (χ3n) is 15.3. The van der Waals surface area contributed by atoms with Crippen molar-refractivity contribution >= 4 is 17.8 Å². The molecule has 1 saturated heterocycles. The molecular weight excluding hydrogens is 556 g/mol. The van der Waals surface area contributed by atoms with Crippen LogP contribution in [-0.2, 0) is 9.59 Å². The molecule has 1 aliphatic heterocycles. The van der Waals surface area contributed by atoms with Crippen molar-refractivity contribution in [3.05, 3.63) is 41.4 Å². The molecule has 0 aromatic carbocycles. The number of carbonyl (C=O) groups is 2. The minimum atomic E-state index is -0.401. The Balaban J connectivity index is 1.29. The maximum atomic E-state index is 14.7. The van der Waals surface area contributed by atoms with E-state index >= 15 is 0 Å². The molecule has 2 heterocycles. The van der Waals surface area contributed by atoms with Crippen molar-refractivity contribution < 1.29 is 14.0 Å². The Kier molecular flexibility index (Phi) is 7.12. The lowest BCUT2D eigenvalue weighted by atomic mass is 9.33. The highest BCUT2D eigenvalue weighted by molar-refractivity contribution is 6.04. The van der Waals surface area contributed by atoms with Crippen LogP contribution in [0.15, 0.2) is 40.0 Å². The number of piperazine rings is 1. The Bertz CT molecular complexity index is 1430. The van der Waals surface area contributed by atoms with E-state index in [9.17, 15) is 9.59 Å². The first-order valence-corrected chi connectivity index (χ1v) is 18.0. The van der Waals surface area contributed by atoms with Gasteiger partial charge in [0.1, 0.15) is 5.76 Å². The SMILES string of the molecule is CN1CCN(C(=O)C23CCC(C)(C)C[C@H]2C2=CC[C@@H]4[C@@]5(C)C/C(=C/c6ccco6)C(=O)C(C)(C)[C@@H]5CC[C@@]4(C)[C@]2(C)CC3)CC1. The topological polar surface area (TPSA) is 53.8 Å². The van der Waals surface area contributed by atoms with E-state index in [2.05, 4.69) is 71.4 Å². The lowest BCUT2D eigenvalue weighted by Crippen LogP contribution is -2.65. The molecule has 0 N–H and O–H groups in total. The van der Waals surface area contributed by atoms with Crippen LogP contribution in [0.2, 0.25) is 0 Å². The van der Waals surface area contributed by atoms with Crippen LogP contribution in [0, 0.1) is 50.2 Å². The number of hydrogen-bond acceptors (Lipinski definition) is 4. The lowest BCUT2D eigenvalue weighted by molar-refractivity contribution is -0.182. The van der Waals surface area contributed by atoms with Crippen molar-refractivity contribution in [1.82, 2.24) is 9.80 Å². The molecular formula is C40H58N2O3. The molecule has 5 heteroatoms. The molecule has 0 spiro atoms. The van der Waals surface area contributed by atoms with Gasteiger partial charge in [0, 0.05) is 31.6 Å². The van der Waals surface area contributed by atoms with Crippen molar-refractivity contribution in [2.45, 2.75) is 106 Å². The molecule has 4 saturated carbocycles. The molecule has 1 unspecified atom stereocenters. The van der Waals surface area contributed by atoms with Gasteiger partial charge in [-0.3, -0.25) is 9.59 Å². The summed E-state index contributed by atoms with van der Waals surface area (Å²) in [6.07, 6.45) is 15.9. The van der Waals surface area contributed by atoms with Crippen LogP contribution in [0.25, 0.3) is 6.08 Å². The van der Waals surface area contributed by atoms with Crippen LogP contribution in [0.4, 0.5) is 0 Å². The summed E-state index contributed by atoms with van der Waals surface area (Å²) in [5.41, 5.74) is 2.36. The van der Waals surface area contributed by atoms with Crippen molar-refractivity contribution in [3.63, 3.8) is 0 Å². The first-order valence-electron chi connectivity index (χ1n) is 18.0. The summed E-state index contributed by atoms with van der Waals surface area (Å²) in [5.74, 6) is 2.72. The molecule has 7 rings (SSSR count). The minimum Gasteiger partial charge on any atom is -0.465 e. The van der Waals surface area contributed by atoms with E-state index in [1.54, 1.807) is 11.8 Å². The predicted octanol–water partition coefficient (Wildman–Crippen LogP) is 8.42. The normalized spacial score (nSPS) is 43.5. The zero-order valence-electron chi connectivity index (χ0n) is 29.4. The van der Waals surface area contributed by atoms with E-state index in [0.29, 0.717) is 29.4 Å². The van der Waals surface area contributed by atoms with Gasteiger partial charge in [-0.15, -0.1) is 0 Å². The van der Waals surface area contributed by atoms with Crippen LogP contribution in [0.3, 0.4) is 0 Å². The first-order chi connectivity index (χ1) is 21.1. The average molecular weight is 615 g/mol. The van der Waals surface area contributed by atoms with E-state index in [-0.39, 0.29) is 27.1 Å². The number of allylic oxidation sites excluding steroid dienone is 3. The van der Waals surface area contributed by atoms with E-state index in [4.69, 9.17) is 4.42 Å². The molecule has 1 amide bonds. The molecule has 45 heavy (non-hydrogen) atoms. The van der Waals surface area contributed by atoms with Gasteiger partial charge in [0.05, 0.1) is 11.7 Å². The van der Waals surface area contributed by atoms with Crippen LogP contribution in [0.1, 0.15) is 112 Å². The largest absolute Gasteiger partial charge is 0.465 e. The Morgan fingerprint density at radius 2 is 1.64 bits per heavy atom. The number of Topliss-reactive ketones (excluding diaryl/α,β-unsaturated/α-hetero) is 1. The van der Waals surface area contributed by atoms with Gasteiger partial charge in [-0.25, -0.2) is 0 Å². The summed E-state index contributed by atoms with van der Waals surface area (Å²) >= 11 is 0. The standard InChI is InChI=1S/C40H58N2O3/c1-35(2)15-17-40(34(44)42-21-19-41(8)20-22-42)18-16-38(6)29(30(40)26-35)11-12-32-37(5)25-27(24-28-10-9-23-45-28)33(43)36(3,4)31(37)13-14-39(32,38)7/h9-11,23-24,30-32H,12-22,25-26H2,1-8H3/b27-24-/t30-,31-,32+,37-,38+,39+,40?/m0/s1. The summed E-state index contributed by atoms with van der Waals surface area (Å²) < 4.78 is 5.71. The minimum absolute atomic E-state index is 0.0178. The Morgan fingerprint density at radius 1 is 0.933 bits per heavy atom. The lowest BCUT2D eigenvalue weighted by Gasteiger charge is -2.71. The Morgan fingerprint density at radius 3 is 2.33 bits per heavy atom. The van der Waals surface area contributed by atoms with Crippen LogP contribution in [0.5, 0.6) is 0 Å². The average Bonchev–Trinajstić information content (AvgIpc) is 3.49. The molecule has 0 bridgehead atoms. The van der Waals surface area contributed by atoms with E-state index in [1.807, 2.05) is 18.2 Å². The van der Waals surface area contributed by atoms with Crippen molar-refractivity contribution in [1.29, 1.82) is 0 Å². The highest BCUT2D eigenvalue weighted by Crippen LogP contribution is 2.76. The molecule has 5 fully saturated rings. The van der Waals surface area contributed by atoms with Crippen LogP contribution < -0.4 is 0 Å². The second kappa shape index (κ2) is 10.2. The molecule has 1 aromatic heterocycles. The molecule has 5 aliphatic carbocycles. The molecule has 7 atom stereocenters. The maximum Gasteiger partial charge on any atom is 0.229 e.